The van der Waals surface area contributed by atoms with Gasteiger partial charge >= 0.3 is 0 Å². The average Bonchev–Trinajstić information content (AvgIpc) is 3.68. The standard InChI is InChI=1S/C41H27N3O/c1-41(2)32-16-8-5-13-27(32)28-20-19-26(22-33(28)41)37-39(42-38-30-15-7-10-18-36(30)45-40(38)43-37)44-34-17-9-6-14-29(34)31-21-24-11-3-4-12-25(24)23-35(31)44/h3-23H,1-2H3. The van der Waals surface area contributed by atoms with Crippen LogP contribution in [0, 0.1) is 0 Å². The molecule has 0 aliphatic heterocycles. The number of fused-ring (bicyclic) bond motifs is 10. The van der Waals surface area contributed by atoms with Crippen LogP contribution in [0.15, 0.2) is 132 Å². The molecule has 0 radical (unpaired) electrons. The maximum Gasteiger partial charge on any atom is 0.247 e. The van der Waals surface area contributed by atoms with Gasteiger partial charge in [0.1, 0.15) is 16.8 Å². The summed E-state index contributed by atoms with van der Waals surface area (Å²) in [5, 5.41) is 5.75. The van der Waals surface area contributed by atoms with Gasteiger partial charge in [0.2, 0.25) is 5.71 Å². The highest BCUT2D eigenvalue weighted by Crippen LogP contribution is 2.50. The fourth-order valence-electron chi connectivity index (χ4n) is 7.60. The van der Waals surface area contributed by atoms with Gasteiger partial charge in [0.15, 0.2) is 5.82 Å². The van der Waals surface area contributed by atoms with E-state index in [0.717, 1.165) is 44.6 Å². The topological polar surface area (TPSA) is 43.9 Å². The van der Waals surface area contributed by atoms with Gasteiger partial charge in [0.05, 0.1) is 11.0 Å². The molecule has 212 valence electrons. The zero-order chi connectivity index (χ0) is 29.9. The van der Waals surface area contributed by atoms with Gasteiger partial charge in [-0.1, -0.05) is 105 Å². The van der Waals surface area contributed by atoms with Crippen LogP contribution in [0.3, 0.4) is 0 Å². The maximum absolute atomic E-state index is 6.32. The predicted octanol–water partition coefficient (Wildman–Crippen LogP) is 10.6. The summed E-state index contributed by atoms with van der Waals surface area (Å²) in [5.41, 5.74) is 11.2. The predicted molar refractivity (Wildman–Crippen MR) is 184 cm³/mol. The van der Waals surface area contributed by atoms with Crippen molar-refractivity contribution in [2.45, 2.75) is 19.3 Å². The largest absolute Gasteiger partial charge is 0.436 e. The third-order valence-corrected chi connectivity index (χ3v) is 9.80. The van der Waals surface area contributed by atoms with E-state index in [4.69, 9.17) is 14.4 Å². The lowest BCUT2D eigenvalue weighted by molar-refractivity contribution is 0.653. The zero-order valence-electron chi connectivity index (χ0n) is 24.9. The van der Waals surface area contributed by atoms with Crippen molar-refractivity contribution in [3.05, 3.63) is 139 Å². The van der Waals surface area contributed by atoms with E-state index in [1.54, 1.807) is 0 Å². The summed E-state index contributed by atoms with van der Waals surface area (Å²) in [6.45, 7) is 4.63. The van der Waals surface area contributed by atoms with Crippen molar-refractivity contribution in [1.82, 2.24) is 14.5 Å². The van der Waals surface area contributed by atoms with Crippen molar-refractivity contribution < 1.29 is 4.42 Å². The number of hydrogen-bond acceptors (Lipinski definition) is 3. The average molecular weight is 578 g/mol. The second kappa shape index (κ2) is 8.67. The van der Waals surface area contributed by atoms with Crippen LogP contribution in [0.2, 0.25) is 0 Å². The molecule has 6 aromatic carbocycles. The Balaban J connectivity index is 1.33. The van der Waals surface area contributed by atoms with E-state index >= 15 is 0 Å². The monoisotopic (exact) mass is 577 g/mol. The first-order chi connectivity index (χ1) is 22.1. The Bertz CT molecular complexity index is 2690. The zero-order valence-corrected chi connectivity index (χ0v) is 24.9. The third kappa shape index (κ3) is 3.31. The smallest absolute Gasteiger partial charge is 0.247 e. The molecule has 0 fully saturated rings. The van der Waals surface area contributed by atoms with Crippen molar-refractivity contribution >= 4 is 54.8 Å². The number of para-hydroxylation sites is 2. The third-order valence-electron chi connectivity index (χ3n) is 9.80. The van der Waals surface area contributed by atoms with E-state index < -0.39 is 0 Å². The number of hydrogen-bond donors (Lipinski definition) is 0. The lowest BCUT2D eigenvalue weighted by Crippen LogP contribution is -2.15. The van der Waals surface area contributed by atoms with Gasteiger partial charge in [-0.3, -0.25) is 4.57 Å². The number of nitrogens with zero attached hydrogens (tertiary/aromatic N) is 3. The van der Waals surface area contributed by atoms with Gasteiger partial charge in [0.25, 0.3) is 0 Å². The molecule has 0 amide bonds. The number of aromatic nitrogens is 3. The van der Waals surface area contributed by atoms with Gasteiger partial charge in [-0.15, -0.1) is 0 Å². The molecule has 3 heterocycles. The minimum absolute atomic E-state index is 0.134. The molecule has 10 rings (SSSR count). The van der Waals surface area contributed by atoms with Crippen molar-refractivity contribution in [1.29, 1.82) is 0 Å². The molecule has 4 nitrogen and oxygen atoms in total. The first-order valence-corrected chi connectivity index (χ1v) is 15.4. The second-order valence-corrected chi connectivity index (χ2v) is 12.6. The lowest BCUT2D eigenvalue weighted by Gasteiger charge is -2.22. The molecule has 0 saturated heterocycles. The highest BCUT2D eigenvalue weighted by molar-refractivity contribution is 6.14. The Morgan fingerprint density at radius 1 is 0.578 bits per heavy atom. The van der Waals surface area contributed by atoms with Gasteiger partial charge in [-0.25, -0.2) is 9.97 Å². The quantitative estimate of drug-likeness (QED) is 0.205. The highest BCUT2D eigenvalue weighted by Gasteiger charge is 2.35. The molecule has 3 aromatic heterocycles. The molecule has 0 spiro atoms. The Morgan fingerprint density at radius 2 is 1.29 bits per heavy atom. The van der Waals surface area contributed by atoms with Crippen LogP contribution < -0.4 is 0 Å². The van der Waals surface area contributed by atoms with Crippen LogP contribution in [0.1, 0.15) is 25.0 Å². The molecule has 0 N–H and O–H groups in total. The summed E-state index contributed by atoms with van der Waals surface area (Å²) in [4.78, 5) is 10.7. The van der Waals surface area contributed by atoms with Crippen LogP contribution in [0.4, 0.5) is 0 Å². The summed E-state index contributed by atoms with van der Waals surface area (Å²) in [6, 6.07) is 45.3. The molecule has 0 unspecified atom stereocenters. The van der Waals surface area contributed by atoms with Crippen LogP contribution >= 0.6 is 0 Å². The molecule has 9 aromatic rings. The van der Waals surface area contributed by atoms with Gasteiger partial charge in [-0.2, -0.15) is 0 Å². The number of benzene rings is 6. The fourth-order valence-corrected chi connectivity index (χ4v) is 7.60. The minimum Gasteiger partial charge on any atom is -0.436 e. The van der Waals surface area contributed by atoms with E-state index in [2.05, 4.69) is 128 Å². The van der Waals surface area contributed by atoms with Gasteiger partial charge in [-0.05, 0) is 69.4 Å². The maximum atomic E-state index is 6.32. The molecule has 0 saturated carbocycles. The van der Waals surface area contributed by atoms with Crippen molar-refractivity contribution in [3.8, 4) is 28.2 Å². The summed E-state index contributed by atoms with van der Waals surface area (Å²) in [6.07, 6.45) is 0. The molecular formula is C41H27N3O. The second-order valence-electron chi connectivity index (χ2n) is 12.6. The highest BCUT2D eigenvalue weighted by atomic mass is 16.3. The molecule has 45 heavy (non-hydrogen) atoms. The van der Waals surface area contributed by atoms with E-state index in [1.807, 2.05) is 18.2 Å². The number of furan rings is 1. The Hall–Kier alpha value is -5.74. The summed E-state index contributed by atoms with van der Waals surface area (Å²) in [5.74, 6) is 0.795. The SMILES string of the molecule is CC1(C)c2ccccc2-c2ccc(-c3nc4oc5ccccc5c4nc3-n3c4ccccc4c4cc5ccccc5cc43)cc21. The van der Waals surface area contributed by atoms with Crippen molar-refractivity contribution in [3.63, 3.8) is 0 Å². The molecular weight excluding hydrogens is 550 g/mol. The van der Waals surface area contributed by atoms with Crippen LogP contribution in [0.25, 0.3) is 83.0 Å². The molecule has 1 aliphatic rings. The minimum atomic E-state index is -0.134. The number of rotatable bonds is 2. The van der Waals surface area contributed by atoms with Crippen molar-refractivity contribution in [2.24, 2.45) is 0 Å². The normalized spacial score (nSPS) is 13.7. The summed E-state index contributed by atoms with van der Waals surface area (Å²) < 4.78 is 8.62. The van der Waals surface area contributed by atoms with Gasteiger partial charge < -0.3 is 4.42 Å². The van der Waals surface area contributed by atoms with E-state index in [9.17, 15) is 0 Å². The van der Waals surface area contributed by atoms with E-state index in [1.165, 1.54) is 43.8 Å². The van der Waals surface area contributed by atoms with Crippen LogP contribution in [0.5, 0.6) is 0 Å². The first kappa shape index (κ1) is 24.7. The Morgan fingerprint density at radius 3 is 2.18 bits per heavy atom. The molecule has 0 atom stereocenters. The fraction of sp³-hybridized carbons (Fsp3) is 0.0732. The summed E-state index contributed by atoms with van der Waals surface area (Å²) in [7, 11) is 0. The van der Waals surface area contributed by atoms with Crippen LogP contribution in [-0.2, 0) is 5.41 Å². The Kier molecular flexibility index (Phi) is 4.76. The van der Waals surface area contributed by atoms with E-state index in [-0.39, 0.29) is 5.41 Å². The van der Waals surface area contributed by atoms with E-state index in [0.29, 0.717) is 5.71 Å². The van der Waals surface area contributed by atoms with Crippen molar-refractivity contribution in [2.75, 3.05) is 0 Å². The Labute approximate surface area is 259 Å². The molecule has 1 aliphatic carbocycles. The van der Waals surface area contributed by atoms with Crippen LogP contribution in [-0.4, -0.2) is 14.5 Å². The summed E-state index contributed by atoms with van der Waals surface area (Å²) >= 11 is 0. The molecule has 4 heteroatoms. The first-order valence-electron chi connectivity index (χ1n) is 15.4. The van der Waals surface area contributed by atoms with Gasteiger partial charge in [0, 0.05) is 27.1 Å². The molecule has 0 bridgehead atoms. The lowest BCUT2D eigenvalue weighted by atomic mass is 9.82.